The zero-order valence-electron chi connectivity index (χ0n) is 22.6. The van der Waals surface area contributed by atoms with E-state index in [1.807, 2.05) is 26.0 Å². The molecule has 10 nitrogen and oxygen atoms in total. The third-order valence-electron chi connectivity index (χ3n) is 7.88. The van der Waals surface area contributed by atoms with Gasteiger partial charge in [-0.1, -0.05) is 19.4 Å². The van der Waals surface area contributed by atoms with Crippen LogP contribution < -0.4 is 30.3 Å². The minimum atomic E-state index is -3.73. The highest BCUT2D eigenvalue weighted by Crippen LogP contribution is 2.45. The van der Waals surface area contributed by atoms with Gasteiger partial charge in [0.15, 0.2) is 0 Å². The van der Waals surface area contributed by atoms with Crippen molar-refractivity contribution in [1.82, 2.24) is 20.3 Å². The Labute approximate surface area is 229 Å². The van der Waals surface area contributed by atoms with E-state index in [0.29, 0.717) is 38.0 Å². The lowest BCUT2D eigenvalue weighted by Crippen LogP contribution is -2.55. The van der Waals surface area contributed by atoms with Gasteiger partial charge in [-0.05, 0) is 43.3 Å². The second-order valence-corrected chi connectivity index (χ2v) is 12.7. The lowest BCUT2D eigenvalue weighted by atomic mass is 9.91. The number of carbonyl (C=O) groups excluding carboxylic acids is 2. The highest BCUT2D eigenvalue weighted by atomic mass is 32.2. The Morgan fingerprint density at radius 1 is 1.31 bits per heavy atom. The molecular weight excluding hydrogens is 519 g/mol. The number of aromatic nitrogens is 1. The maximum absolute atomic E-state index is 13.2. The number of sulfonamides is 1. The van der Waals surface area contributed by atoms with Gasteiger partial charge in [-0.3, -0.25) is 19.3 Å². The smallest absolute Gasteiger partial charge is 0.259 e. The molecule has 2 saturated carbocycles. The number of hydrogen-bond donors (Lipinski definition) is 3. The minimum absolute atomic E-state index is 0.280. The first-order valence-corrected chi connectivity index (χ1v) is 15.0. The van der Waals surface area contributed by atoms with Crippen molar-refractivity contribution < 1.29 is 27.5 Å². The molecule has 3 fully saturated rings. The number of nitrogens with one attached hydrogen (secondary N) is 3. The van der Waals surface area contributed by atoms with E-state index >= 15 is 0 Å². The average molecular weight is 554 g/mol. The van der Waals surface area contributed by atoms with Crippen molar-refractivity contribution in [2.45, 2.75) is 68.4 Å². The monoisotopic (exact) mass is 554 g/mol. The molecule has 5 rings (SSSR count). The number of ether oxygens (including phenoxy) is 2. The second kappa shape index (κ2) is 10.5. The summed E-state index contributed by atoms with van der Waals surface area (Å²) in [7, 11) is -0.118. The van der Waals surface area contributed by atoms with E-state index in [2.05, 4.69) is 28.9 Å². The molecule has 2 heterocycles. The van der Waals surface area contributed by atoms with Crippen LogP contribution in [-0.4, -0.2) is 69.7 Å². The first-order valence-electron chi connectivity index (χ1n) is 13.5. The van der Waals surface area contributed by atoms with Gasteiger partial charge in [0.2, 0.25) is 15.9 Å². The number of methoxy groups -OCH3 is 1. The molecule has 39 heavy (non-hydrogen) atoms. The van der Waals surface area contributed by atoms with Gasteiger partial charge >= 0.3 is 0 Å². The van der Waals surface area contributed by atoms with E-state index < -0.39 is 32.8 Å². The number of amides is 2. The fourth-order valence-electron chi connectivity index (χ4n) is 5.33. The quantitative estimate of drug-likeness (QED) is 0.266. The van der Waals surface area contributed by atoms with Gasteiger partial charge in [-0.25, -0.2) is 8.42 Å². The number of aryl methyl sites for hydroxylation is 1. The molecule has 1 aliphatic heterocycles. The minimum Gasteiger partial charge on any atom is -0.497 e. The predicted octanol–water partition coefficient (Wildman–Crippen LogP) is 0.233. The highest BCUT2D eigenvalue weighted by molar-refractivity contribution is 7.91. The maximum atomic E-state index is 13.2. The van der Waals surface area contributed by atoms with Crippen molar-refractivity contribution in [3.8, 4) is 11.5 Å². The molecule has 1 aromatic carbocycles. The Morgan fingerprint density at radius 3 is 2.72 bits per heavy atom. The molecule has 1 aromatic heterocycles. The molecular formula is C27H35BN4O6S. The molecule has 0 spiro atoms. The van der Waals surface area contributed by atoms with Gasteiger partial charge in [-0.15, -0.1) is 6.58 Å². The van der Waals surface area contributed by atoms with Gasteiger partial charge in [0.1, 0.15) is 31.0 Å². The normalized spacial score (nSPS) is 26.2. The van der Waals surface area contributed by atoms with E-state index in [1.54, 1.807) is 13.2 Å². The lowest BCUT2D eigenvalue weighted by molar-refractivity contribution is -0.130. The Morgan fingerprint density at radius 2 is 2.08 bits per heavy atom. The summed E-state index contributed by atoms with van der Waals surface area (Å²) >= 11 is 0. The molecule has 2 aromatic rings. The third kappa shape index (κ3) is 5.36. The third-order valence-corrected chi connectivity index (χ3v) is 9.69. The summed E-state index contributed by atoms with van der Waals surface area (Å²) in [6.45, 7) is 6.28. The number of fused-ring (bicyclic) bond motifs is 1. The standard InChI is InChI=1S/C27H35BN4O6S/c1-4-6-16-11-22(19-9-10-21(37-3)23(28)24(19)30-16)38-17-12-20(29-14-17)25(33)31-27(13-15(27)5-2)26(34)32-39(35,36)18-7-8-18/h5,9-11,15,17-18,20,29H,2,4,6-8,12-14,28H2,1,3H3,(H,31,33)(H,32,34)/t15?,17-,20+,27-/m1/s1. The van der Waals surface area contributed by atoms with E-state index in [1.165, 1.54) is 0 Å². The van der Waals surface area contributed by atoms with Crippen LogP contribution in [0.4, 0.5) is 0 Å². The van der Waals surface area contributed by atoms with Crippen molar-refractivity contribution in [3.63, 3.8) is 0 Å². The number of benzene rings is 1. The Balaban J connectivity index is 1.29. The summed E-state index contributed by atoms with van der Waals surface area (Å²) in [5.41, 5.74) is 1.39. The van der Waals surface area contributed by atoms with Gasteiger partial charge in [0.05, 0.1) is 23.9 Å². The largest absolute Gasteiger partial charge is 0.497 e. The van der Waals surface area contributed by atoms with Crippen LogP contribution in [0, 0.1) is 5.92 Å². The van der Waals surface area contributed by atoms with Crippen molar-refractivity contribution >= 4 is 46.0 Å². The van der Waals surface area contributed by atoms with Crippen LogP contribution in [0.2, 0.25) is 0 Å². The van der Waals surface area contributed by atoms with Crippen LogP contribution in [0.25, 0.3) is 10.9 Å². The van der Waals surface area contributed by atoms with Crippen molar-refractivity contribution in [2.24, 2.45) is 5.92 Å². The average Bonchev–Trinajstić information content (AvgIpc) is 3.82. The van der Waals surface area contributed by atoms with Gasteiger partial charge in [-0.2, -0.15) is 0 Å². The number of carbonyl (C=O) groups is 2. The lowest BCUT2D eigenvalue weighted by Gasteiger charge is -2.21. The van der Waals surface area contributed by atoms with Crippen LogP contribution >= 0.6 is 0 Å². The van der Waals surface area contributed by atoms with E-state index in [9.17, 15) is 18.0 Å². The van der Waals surface area contributed by atoms with Crippen LogP contribution in [-0.2, 0) is 26.0 Å². The Kier molecular flexibility index (Phi) is 7.36. The van der Waals surface area contributed by atoms with Crippen LogP contribution in [0.3, 0.4) is 0 Å². The summed E-state index contributed by atoms with van der Waals surface area (Å²) in [5, 5.41) is 6.36. The molecule has 1 unspecified atom stereocenters. The summed E-state index contributed by atoms with van der Waals surface area (Å²) in [6, 6.07) is 5.21. The van der Waals surface area contributed by atoms with Crippen molar-refractivity contribution in [1.29, 1.82) is 0 Å². The Hall–Kier alpha value is -3.12. The van der Waals surface area contributed by atoms with Crippen LogP contribution in [0.1, 0.15) is 44.7 Å². The first-order chi connectivity index (χ1) is 18.6. The number of hydrogen-bond acceptors (Lipinski definition) is 8. The SMILES string of the molecule is Bc1c(OC)ccc2c(O[C@H]3CN[C@H](C(=O)N[C@]4(C(=O)NS(=O)(=O)C5CC5)CC4C=C)C3)cc(CCC)nc12. The van der Waals surface area contributed by atoms with Gasteiger partial charge in [0.25, 0.3) is 5.91 Å². The molecule has 3 N–H and O–H groups in total. The number of nitrogens with zero attached hydrogens (tertiary/aromatic N) is 1. The highest BCUT2D eigenvalue weighted by Gasteiger charge is 2.61. The summed E-state index contributed by atoms with van der Waals surface area (Å²) in [6.07, 6.45) is 4.84. The second-order valence-electron chi connectivity index (χ2n) is 10.8. The van der Waals surface area contributed by atoms with Crippen molar-refractivity contribution in [3.05, 3.63) is 36.5 Å². The molecule has 208 valence electrons. The van der Waals surface area contributed by atoms with E-state index in [-0.39, 0.29) is 17.9 Å². The Bertz CT molecular complexity index is 1430. The summed E-state index contributed by atoms with van der Waals surface area (Å²) in [4.78, 5) is 31.0. The zero-order valence-corrected chi connectivity index (χ0v) is 23.4. The molecule has 12 heteroatoms. The fraction of sp³-hybridized carbons (Fsp3) is 0.519. The van der Waals surface area contributed by atoms with Gasteiger partial charge in [0, 0.05) is 36.0 Å². The fourth-order valence-corrected chi connectivity index (χ4v) is 6.69. The number of pyridine rings is 1. The summed E-state index contributed by atoms with van der Waals surface area (Å²) < 4.78 is 38.8. The van der Waals surface area contributed by atoms with Crippen LogP contribution in [0.15, 0.2) is 30.9 Å². The summed E-state index contributed by atoms with van der Waals surface area (Å²) in [5.74, 6) is 0.0729. The predicted molar refractivity (Wildman–Crippen MR) is 151 cm³/mol. The molecule has 0 bridgehead atoms. The first kappa shape index (κ1) is 27.5. The topological polar surface area (TPSA) is 136 Å². The van der Waals surface area contributed by atoms with Gasteiger partial charge < -0.3 is 20.1 Å². The van der Waals surface area contributed by atoms with Crippen molar-refractivity contribution in [2.75, 3.05) is 13.7 Å². The molecule has 4 atom stereocenters. The molecule has 1 saturated heterocycles. The zero-order chi connectivity index (χ0) is 27.9. The van der Waals surface area contributed by atoms with Crippen LogP contribution in [0.5, 0.6) is 11.5 Å². The molecule has 2 amide bonds. The van der Waals surface area contributed by atoms with E-state index in [0.717, 1.165) is 40.7 Å². The molecule has 0 radical (unpaired) electrons. The van der Waals surface area contributed by atoms with E-state index in [4.69, 9.17) is 14.5 Å². The maximum Gasteiger partial charge on any atom is 0.259 e. The molecule has 2 aliphatic carbocycles. The molecule has 3 aliphatic rings. The number of rotatable bonds is 11.